The predicted octanol–water partition coefficient (Wildman–Crippen LogP) is 5.43. The maximum Gasteiger partial charge on any atom is 0.0543 e. The Morgan fingerprint density at radius 2 is 1.24 bits per heavy atom. The van der Waals surface area contributed by atoms with Crippen LogP contribution in [0.5, 0.6) is 0 Å². The van der Waals surface area contributed by atoms with Gasteiger partial charge in [-0.3, -0.25) is 0 Å². The first-order chi connectivity index (χ1) is 8.10. The van der Waals surface area contributed by atoms with Crippen molar-refractivity contribution in [1.29, 1.82) is 0 Å². The van der Waals surface area contributed by atoms with Crippen LogP contribution in [0.2, 0.25) is 0 Å². The van der Waals surface area contributed by atoms with E-state index in [-0.39, 0.29) is 0 Å². The molecule has 0 aliphatic rings. The minimum atomic E-state index is 0.437. The highest BCUT2D eigenvalue weighted by molar-refractivity contribution is 4.59. The zero-order valence-corrected chi connectivity index (χ0v) is 12.8. The van der Waals surface area contributed by atoms with Gasteiger partial charge in [-0.05, 0) is 25.2 Å². The van der Waals surface area contributed by atoms with Gasteiger partial charge in [-0.15, -0.1) is 0 Å². The topological polar surface area (TPSA) is 9.23 Å². The third kappa shape index (κ3) is 10.8. The highest BCUT2D eigenvalue weighted by Crippen LogP contribution is 2.20. The van der Waals surface area contributed by atoms with Gasteiger partial charge in [-0.1, -0.05) is 65.7 Å². The SMILES string of the molecule is CCCC(C)CCCC(C)CCCC(C)OC. The van der Waals surface area contributed by atoms with E-state index in [1.807, 2.05) is 7.11 Å². The second-order valence-corrected chi connectivity index (χ2v) is 5.91. The van der Waals surface area contributed by atoms with Crippen LogP contribution in [-0.4, -0.2) is 13.2 Å². The molecule has 1 nitrogen and oxygen atoms in total. The molecule has 0 radical (unpaired) electrons. The molecule has 0 amide bonds. The molecule has 0 aromatic rings. The molecule has 0 rings (SSSR count). The predicted molar refractivity (Wildman–Crippen MR) is 77.4 cm³/mol. The lowest BCUT2D eigenvalue weighted by molar-refractivity contribution is 0.107. The third-order valence-corrected chi connectivity index (χ3v) is 3.89. The fourth-order valence-corrected chi connectivity index (χ4v) is 2.47. The lowest BCUT2D eigenvalue weighted by atomic mass is 9.93. The van der Waals surface area contributed by atoms with Crippen molar-refractivity contribution in [2.45, 2.75) is 85.2 Å². The van der Waals surface area contributed by atoms with Crippen LogP contribution < -0.4 is 0 Å². The largest absolute Gasteiger partial charge is 0.382 e. The van der Waals surface area contributed by atoms with Crippen LogP contribution in [0.4, 0.5) is 0 Å². The van der Waals surface area contributed by atoms with E-state index < -0.39 is 0 Å². The van der Waals surface area contributed by atoms with Crippen molar-refractivity contribution in [3.63, 3.8) is 0 Å². The van der Waals surface area contributed by atoms with Crippen LogP contribution >= 0.6 is 0 Å². The summed E-state index contributed by atoms with van der Waals surface area (Å²) in [6, 6.07) is 0. The Labute approximate surface area is 109 Å². The Morgan fingerprint density at radius 3 is 1.71 bits per heavy atom. The summed E-state index contributed by atoms with van der Waals surface area (Å²) >= 11 is 0. The van der Waals surface area contributed by atoms with E-state index in [4.69, 9.17) is 4.74 Å². The zero-order valence-electron chi connectivity index (χ0n) is 12.8. The van der Waals surface area contributed by atoms with Gasteiger partial charge >= 0.3 is 0 Å². The molecule has 104 valence electrons. The van der Waals surface area contributed by atoms with Crippen molar-refractivity contribution in [3.8, 4) is 0 Å². The van der Waals surface area contributed by atoms with Crippen LogP contribution in [0.25, 0.3) is 0 Å². The van der Waals surface area contributed by atoms with Crippen molar-refractivity contribution in [3.05, 3.63) is 0 Å². The average Bonchev–Trinajstić information content (AvgIpc) is 2.29. The van der Waals surface area contributed by atoms with Gasteiger partial charge in [0, 0.05) is 7.11 Å². The van der Waals surface area contributed by atoms with Gasteiger partial charge < -0.3 is 4.74 Å². The summed E-state index contributed by atoms with van der Waals surface area (Å²) in [6.45, 7) is 9.25. The lowest BCUT2D eigenvalue weighted by Crippen LogP contribution is -2.05. The van der Waals surface area contributed by atoms with Gasteiger partial charge in [0.1, 0.15) is 0 Å². The number of rotatable bonds is 11. The minimum Gasteiger partial charge on any atom is -0.382 e. The molecule has 0 spiro atoms. The number of ether oxygens (including phenoxy) is 1. The van der Waals surface area contributed by atoms with E-state index in [1.54, 1.807) is 0 Å². The van der Waals surface area contributed by atoms with Crippen molar-refractivity contribution < 1.29 is 4.74 Å². The van der Waals surface area contributed by atoms with Gasteiger partial charge in [0.25, 0.3) is 0 Å². The number of hydrogen-bond donors (Lipinski definition) is 0. The van der Waals surface area contributed by atoms with E-state index in [0.29, 0.717) is 6.10 Å². The monoisotopic (exact) mass is 242 g/mol. The fourth-order valence-electron chi connectivity index (χ4n) is 2.47. The van der Waals surface area contributed by atoms with Crippen LogP contribution in [0.1, 0.15) is 79.1 Å². The average molecular weight is 242 g/mol. The Balaban J connectivity index is 3.37. The summed E-state index contributed by atoms with van der Waals surface area (Å²) in [4.78, 5) is 0. The van der Waals surface area contributed by atoms with Crippen LogP contribution in [0.3, 0.4) is 0 Å². The molecule has 3 unspecified atom stereocenters. The molecule has 0 heterocycles. The Bertz CT molecular complexity index is 156. The molecule has 0 fully saturated rings. The summed E-state index contributed by atoms with van der Waals surface area (Å²) in [5, 5.41) is 0. The molecule has 0 aromatic heterocycles. The van der Waals surface area contributed by atoms with E-state index >= 15 is 0 Å². The molecule has 3 atom stereocenters. The zero-order chi connectivity index (χ0) is 13.1. The van der Waals surface area contributed by atoms with E-state index in [1.165, 1.54) is 51.4 Å². The van der Waals surface area contributed by atoms with Crippen LogP contribution in [0.15, 0.2) is 0 Å². The molecule has 0 aliphatic heterocycles. The smallest absolute Gasteiger partial charge is 0.0543 e. The normalized spacial score (nSPS) is 16.8. The third-order valence-electron chi connectivity index (χ3n) is 3.89. The molecule has 0 aromatic carbocycles. The van der Waals surface area contributed by atoms with Gasteiger partial charge in [0.15, 0.2) is 0 Å². The molecule has 1 heteroatoms. The fraction of sp³-hybridized carbons (Fsp3) is 1.00. The molecule has 0 N–H and O–H groups in total. The molecular formula is C16H34O. The molecule has 0 saturated carbocycles. The number of methoxy groups -OCH3 is 1. The molecule has 0 aliphatic carbocycles. The van der Waals surface area contributed by atoms with E-state index in [2.05, 4.69) is 27.7 Å². The van der Waals surface area contributed by atoms with Crippen molar-refractivity contribution >= 4 is 0 Å². The molecule has 0 saturated heterocycles. The minimum absolute atomic E-state index is 0.437. The van der Waals surface area contributed by atoms with Gasteiger partial charge in [-0.2, -0.15) is 0 Å². The van der Waals surface area contributed by atoms with Crippen LogP contribution in [-0.2, 0) is 4.74 Å². The summed E-state index contributed by atoms with van der Waals surface area (Å²) in [6.07, 6.45) is 11.3. The maximum atomic E-state index is 5.27. The summed E-state index contributed by atoms with van der Waals surface area (Å²) in [5.74, 6) is 1.83. The quantitative estimate of drug-likeness (QED) is 0.469. The van der Waals surface area contributed by atoms with Gasteiger partial charge in [0.05, 0.1) is 6.10 Å². The van der Waals surface area contributed by atoms with Crippen molar-refractivity contribution in [2.24, 2.45) is 11.8 Å². The van der Waals surface area contributed by atoms with Crippen LogP contribution in [0, 0.1) is 11.8 Å². The lowest BCUT2D eigenvalue weighted by Gasteiger charge is -2.15. The van der Waals surface area contributed by atoms with Crippen molar-refractivity contribution in [1.82, 2.24) is 0 Å². The second kappa shape index (κ2) is 11.1. The first-order valence-corrected chi connectivity index (χ1v) is 7.62. The van der Waals surface area contributed by atoms with Gasteiger partial charge in [0.2, 0.25) is 0 Å². The van der Waals surface area contributed by atoms with Gasteiger partial charge in [-0.25, -0.2) is 0 Å². The van der Waals surface area contributed by atoms with E-state index in [9.17, 15) is 0 Å². The Kier molecular flexibility index (Phi) is 11.0. The van der Waals surface area contributed by atoms with Crippen molar-refractivity contribution in [2.75, 3.05) is 7.11 Å². The highest BCUT2D eigenvalue weighted by atomic mass is 16.5. The standard InChI is InChI=1S/C16H34O/c1-6-9-14(2)10-7-11-15(3)12-8-13-16(4)17-5/h14-16H,6-13H2,1-5H3. The van der Waals surface area contributed by atoms with E-state index in [0.717, 1.165) is 11.8 Å². The molecule has 17 heavy (non-hydrogen) atoms. The maximum absolute atomic E-state index is 5.27. The Hall–Kier alpha value is -0.0400. The summed E-state index contributed by atoms with van der Waals surface area (Å²) < 4.78 is 5.27. The second-order valence-electron chi connectivity index (χ2n) is 5.91. The summed E-state index contributed by atoms with van der Waals surface area (Å²) in [5.41, 5.74) is 0. The number of hydrogen-bond acceptors (Lipinski definition) is 1. The first-order valence-electron chi connectivity index (χ1n) is 7.62. The molecular weight excluding hydrogens is 208 g/mol. The summed E-state index contributed by atoms with van der Waals surface area (Å²) in [7, 11) is 1.81. The molecule has 0 bridgehead atoms. The first kappa shape index (κ1) is 17.0. The Morgan fingerprint density at radius 1 is 0.765 bits per heavy atom. The highest BCUT2D eigenvalue weighted by Gasteiger charge is 2.06.